The number of hydrogen-bond donors (Lipinski definition) is 1. The highest BCUT2D eigenvalue weighted by Gasteiger charge is 2.14. The van der Waals surface area contributed by atoms with Crippen molar-refractivity contribution in [3.63, 3.8) is 0 Å². The van der Waals surface area contributed by atoms with E-state index in [-0.39, 0.29) is 6.61 Å². The normalized spacial score (nSPS) is 15.7. The smallest absolute Gasteiger partial charge is 0.174 e. The van der Waals surface area contributed by atoms with Crippen molar-refractivity contribution in [1.29, 1.82) is 5.26 Å². The predicted molar refractivity (Wildman–Crippen MR) is 63.4 cm³/mol. The van der Waals surface area contributed by atoms with E-state index in [9.17, 15) is 0 Å². The van der Waals surface area contributed by atoms with Crippen LogP contribution < -0.4 is 10.1 Å². The highest BCUT2D eigenvalue weighted by atomic mass is 16.5. The summed E-state index contributed by atoms with van der Waals surface area (Å²) in [6, 6.07) is 10.4. The average molecular weight is 216 g/mol. The lowest BCUT2D eigenvalue weighted by atomic mass is 10.2. The van der Waals surface area contributed by atoms with Gasteiger partial charge < -0.3 is 10.1 Å². The Morgan fingerprint density at radius 1 is 1.38 bits per heavy atom. The molecule has 0 bridgehead atoms. The highest BCUT2D eigenvalue weighted by molar-refractivity contribution is 5.49. The molecule has 0 saturated heterocycles. The quantitative estimate of drug-likeness (QED) is 0.841. The first kappa shape index (κ1) is 10.8. The summed E-state index contributed by atoms with van der Waals surface area (Å²) in [5.74, 6) is 0.754. The monoisotopic (exact) mass is 216 g/mol. The van der Waals surface area contributed by atoms with Gasteiger partial charge in [-0.1, -0.05) is 18.9 Å². The molecule has 0 radical (unpaired) electrons. The van der Waals surface area contributed by atoms with Crippen molar-refractivity contribution in [2.45, 2.75) is 31.7 Å². The van der Waals surface area contributed by atoms with Crippen LogP contribution in [0.15, 0.2) is 24.3 Å². The van der Waals surface area contributed by atoms with Gasteiger partial charge in [0.25, 0.3) is 0 Å². The molecule has 0 atom stereocenters. The third-order valence-corrected chi connectivity index (χ3v) is 2.86. The van der Waals surface area contributed by atoms with Gasteiger partial charge in [0.15, 0.2) is 6.61 Å². The minimum Gasteiger partial charge on any atom is -0.479 e. The van der Waals surface area contributed by atoms with Gasteiger partial charge in [-0.2, -0.15) is 5.26 Å². The molecule has 1 aromatic carbocycles. The first-order chi connectivity index (χ1) is 7.88. The number of rotatable bonds is 4. The Morgan fingerprint density at radius 3 is 2.94 bits per heavy atom. The zero-order chi connectivity index (χ0) is 11.2. The largest absolute Gasteiger partial charge is 0.479 e. The van der Waals surface area contributed by atoms with Gasteiger partial charge in [0.2, 0.25) is 0 Å². The van der Waals surface area contributed by atoms with Crippen LogP contribution in [0.5, 0.6) is 5.75 Å². The Balaban J connectivity index is 1.95. The molecule has 16 heavy (non-hydrogen) atoms. The fraction of sp³-hybridized carbons (Fsp3) is 0.462. The van der Waals surface area contributed by atoms with E-state index in [1.165, 1.54) is 25.7 Å². The molecule has 0 aromatic heterocycles. The van der Waals surface area contributed by atoms with Gasteiger partial charge in [0.05, 0.1) is 0 Å². The Kier molecular flexibility index (Phi) is 3.66. The van der Waals surface area contributed by atoms with E-state index < -0.39 is 0 Å². The van der Waals surface area contributed by atoms with Crippen molar-refractivity contribution in [1.82, 2.24) is 0 Å². The molecule has 1 saturated carbocycles. The van der Waals surface area contributed by atoms with Crippen molar-refractivity contribution in [3.8, 4) is 11.8 Å². The molecule has 2 rings (SSSR count). The van der Waals surface area contributed by atoms with Gasteiger partial charge in [-0.25, -0.2) is 0 Å². The zero-order valence-electron chi connectivity index (χ0n) is 9.28. The first-order valence-electron chi connectivity index (χ1n) is 5.75. The fourth-order valence-corrected chi connectivity index (χ4v) is 2.10. The molecule has 0 heterocycles. The molecule has 84 valence electrons. The minimum absolute atomic E-state index is 0.104. The predicted octanol–water partition coefficient (Wildman–Crippen LogP) is 2.94. The van der Waals surface area contributed by atoms with Crippen LogP contribution in [-0.2, 0) is 0 Å². The number of nitrogens with one attached hydrogen (secondary N) is 1. The van der Waals surface area contributed by atoms with Crippen LogP contribution in [0.4, 0.5) is 5.69 Å². The fourth-order valence-electron chi connectivity index (χ4n) is 2.10. The number of anilines is 1. The molecule has 3 nitrogen and oxygen atoms in total. The van der Waals surface area contributed by atoms with Crippen LogP contribution in [0.25, 0.3) is 0 Å². The molecule has 0 unspecified atom stereocenters. The number of benzene rings is 1. The molecule has 0 amide bonds. The molecule has 1 N–H and O–H groups in total. The van der Waals surface area contributed by atoms with Crippen molar-refractivity contribution >= 4 is 5.69 Å². The standard InChI is InChI=1S/C13H16N2O/c14-8-9-16-13-7-3-6-12(10-13)15-11-4-1-2-5-11/h3,6-7,10-11,15H,1-2,4-5,9H2. The maximum absolute atomic E-state index is 8.44. The van der Waals surface area contributed by atoms with Crippen LogP contribution in [0.1, 0.15) is 25.7 Å². The lowest BCUT2D eigenvalue weighted by Crippen LogP contribution is -2.14. The molecule has 3 heteroatoms. The SMILES string of the molecule is N#CCOc1cccc(NC2CCCC2)c1. The van der Waals surface area contributed by atoms with Crippen molar-refractivity contribution in [3.05, 3.63) is 24.3 Å². The summed E-state index contributed by atoms with van der Waals surface area (Å²) in [5, 5.41) is 11.9. The molecule has 1 aliphatic carbocycles. The van der Waals surface area contributed by atoms with Crippen molar-refractivity contribution in [2.24, 2.45) is 0 Å². The van der Waals surface area contributed by atoms with E-state index in [2.05, 4.69) is 5.32 Å². The lowest BCUT2D eigenvalue weighted by molar-refractivity contribution is 0.368. The van der Waals surface area contributed by atoms with E-state index in [4.69, 9.17) is 10.00 Å². The van der Waals surface area contributed by atoms with E-state index in [1.807, 2.05) is 30.3 Å². The van der Waals surface area contributed by atoms with Gasteiger partial charge in [-0.05, 0) is 25.0 Å². The zero-order valence-corrected chi connectivity index (χ0v) is 9.28. The Bertz CT molecular complexity index is 378. The van der Waals surface area contributed by atoms with E-state index in [1.54, 1.807) is 0 Å². The van der Waals surface area contributed by atoms with Gasteiger partial charge in [0.1, 0.15) is 11.8 Å². The molecule has 0 spiro atoms. The van der Waals surface area contributed by atoms with E-state index in [0.29, 0.717) is 6.04 Å². The number of nitrogens with zero attached hydrogens (tertiary/aromatic N) is 1. The van der Waals surface area contributed by atoms with Crippen molar-refractivity contribution in [2.75, 3.05) is 11.9 Å². The number of nitriles is 1. The summed E-state index contributed by atoms with van der Waals surface area (Å²) in [6.45, 7) is 0.104. The summed E-state index contributed by atoms with van der Waals surface area (Å²) in [4.78, 5) is 0. The summed E-state index contributed by atoms with van der Waals surface area (Å²) in [7, 11) is 0. The molecule has 0 aliphatic heterocycles. The van der Waals surface area contributed by atoms with Gasteiger partial charge in [0, 0.05) is 17.8 Å². The second-order valence-corrected chi connectivity index (χ2v) is 4.10. The Hall–Kier alpha value is -1.69. The van der Waals surface area contributed by atoms with E-state index >= 15 is 0 Å². The molecular formula is C13H16N2O. The summed E-state index contributed by atoms with van der Waals surface area (Å²) >= 11 is 0. The number of ether oxygens (including phenoxy) is 1. The average Bonchev–Trinajstić information content (AvgIpc) is 2.80. The Morgan fingerprint density at radius 2 is 2.19 bits per heavy atom. The van der Waals surface area contributed by atoms with Gasteiger partial charge in [-0.3, -0.25) is 0 Å². The first-order valence-corrected chi connectivity index (χ1v) is 5.75. The summed E-state index contributed by atoms with van der Waals surface area (Å²) in [5.41, 5.74) is 1.09. The lowest BCUT2D eigenvalue weighted by Gasteiger charge is -2.14. The summed E-state index contributed by atoms with van der Waals surface area (Å²) < 4.78 is 5.26. The maximum atomic E-state index is 8.44. The second-order valence-electron chi connectivity index (χ2n) is 4.10. The topological polar surface area (TPSA) is 45.0 Å². The highest BCUT2D eigenvalue weighted by Crippen LogP contribution is 2.24. The molecule has 1 aromatic rings. The van der Waals surface area contributed by atoms with E-state index in [0.717, 1.165) is 11.4 Å². The minimum atomic E-state index is 0.104. The summed E-state index contributed by atoms with van der Waals surface area (Å²) in [6.07, 6.45) is 5.15. The van der Waals surface area contributed by atoms with Crippen LogP contribution in [0.3, 0.4) is 0 Å². The van der Waals surface area contributed by atoms with Crippen LogP contribution in [-0.4, -0.2) is 12.6 Å². The van der Waals surface area contributed by atoms with Crippen LogP contribution in [0.2, 0.25) is 0 Å². The van der Waals surface area contributed by atoms with Crippen molar-refractivity contribution < 1.29 is 4.74 Å². The third-order valence-electron chi connectivity index (χ3n) is 2.86. The molecule has 1 aliphatic rings. The van der Waals surface area contributed by atoms with Gasteiger partial charge in [-0.15, -0.1) is 0 Å². The van der Waals surface area contributed by atoms with Crippen LogP contribution >= 0.6 is 0 Å². The third kappa shape index (κ3) is 2.90. The van der Waals surface area contributed by atoms with Crippen LogP contribution in [0, 0.1) is 11.3 Å². The second kappa shape index (κ2) is 5.41. The molecule has 1 fully saturated rings. The van der Waals surface area contributed by atoms with Gasteiger partial charge >= 0.3 is 0 Å². The molecular weight excluding hydrogens is 200 g/mol. The number of hydrogen-bond acceptors (Lipinski definition) is 3. The Labute approximate surface area is 96.0 Å². The maximum Gasteiger partial charge on any atom is 0.174 e.